The molecule has 2 atom stereocenters. The Kier molecular flexibility index (Phi) is 7.96. The molecule has 1 fully saturated rings. The van der Waals surface area contributed by atoms with E-state index in [-0.39, 0.29) is 36.8 Å². The molecule has 1 unspecified atom stereocenters. The molecule has 0 aromatic carbocycles. The number of halogens is 2. The second kappa shape index (κ2) is 9.02. The molecule has 2 aliphatic rings. The van der Waals surface area contributed by atoms with Crippen LogP contribution >= 0.6 is 24.8 Å². The van der Waals surface area contributed by atoms with Crippen molar-refractivity contribution in [2.24, 2.45) is 11.7 Å². The third kappa shape index (κ3) is 4.41. The third-order valence-electron chi connectivity index (χ3n) is 4.78. The van der Waals surface area contributed by atoms with Crippen LogP contribution in [0.25, 0.3) is 0 Å². The number of likely N-dealkylation sites (tertiary alicyclic amines) is 1. The summed E-state index contributed by atoms with van der Waals surface area (Å²) in [6.45, 7) is 6.79. The molecule has 2 N–H and O–H groups in total. The number of piperidine rings is 1. The SMILES string of the molecule is CC(C)C[C@H](N)C(=O)N1CCCC(c2nnc3n2CCC3)C1.Cl.Cl. The number of aromatic nitrogens is 3. The van der Waals surface area contributed by atoms with E-state index >= 15 is 0 Å². The standard InChI is InChI=1S/C16H27N5O.2ClH/c1-11(2)9-13(17)16(22)20-7-3-5-12(10-20)15-19-18-14-6-4-8-21(14)15;;/h11-13H,3-10,17H2,1-2H3;2*1H/t12?,13-;;/m0../s1. The molecule has 138 valence electrons. The molecule has 24 heavy (non-hydrogen) atoms. The van der Waals surface area contributed by atoms with Crippen LogP contribution in [0.4, 0.5) is 0 Å². The van der Waals surface area contributed by atoms with Crippen LogP contribution in [0.15, 0.2) is 0 Å². The minimum atomic E-state index is -0.372. The molecule has 0 aliphatic carbocycles. The van der Waals surface area contributed by atoms with Crippen LogP contribution < -0.4 is 5.73 Å². The van der Waals surface area contributed by atoms with Gasteiger partial charge in [0, 0.05) is 32.0 Å². The number of amides is 1. The van der Waals surface area contributed by atoms with E-state index in [1.807, 2.05) is 4.90 Å². The Morgan fingerprint density at radius 2 is 2.00 bits per heavy atom. The van der Waals surface area contributed by atoms with Crippen LogP contribution in [0.2, 0.25) is 0 Å². The number of nitrogens with two attached hydrogens (primary N) is 1. The van der Waals surface area contributed by atoms with E-state index in [1.165, 1.54) is 0 Å². The maximum Gasteiger partial charge on any atom is 0.239 e. The van der Waals surface area contributed by atoms with Crippen molar-refractivity contribution in [3.63, 3.8) is 0 Å². The highest BCUT2D eigenvalue weighted by Crippen LogP contribution is 2.28. The van der Waals surface area contributed by atoms with Gasteiger partial charge in [0.1, 0.15) is 11.6 Å². The predicted octanol–water partition coefficient (Wildman–Crippen LogP) is 2.15. The highest BCUT2D eigenvalue weighted by atomic mass is 35.5. The van der Waals surface area contributed by atoms with E-state index in [0.29, 0.717) is 11.8 Å². The number of hydrogen-bond donors (Lipinski definition) is 1. The lowest BCUT2D eigenvalue weighted by Gasteiger charge is -2.34. The van der Waals surface area contributed by atoms with Gasteiger partial charge in [-0.2, -0.15) is 0 Å². The van der Waals surface area contributed by atoms with Crippen LogP contribution in [-0.4, -0.2) is 44.7 Å². The van der Waals surface area contributed by atoms with Crippen molar-refractivity contribution in [3.8, 4) is 0 Å². The zero-order chi connectivity index (χ0) is 15.7. The average molecular weight is 378 g/mol. The van der Waals surface area contributed by atoms with Crippen molar-refractivity contribution in [3.05, 3.63) is 11.6 Å². The summed E-state index contributed by atoms with van der Waals surface area (Å²) in [5.41, 5.74) is 6.08. The van der Waals surface area contributed by atoms with Crippen molar-refractivity contribution in [1.82, 2.24) is 19.7 Å². The quantitative estimate of drug-likeness (QED) is 0.871. The normalized spacial score (nSPS) is 21.0. The zero-order valence-electron chi connectivity index (χ0n) is 14.5. The Morgan fingerprint density at radius 3 is 2.71 bits per heavy atom. The number of rotatable bonds is 4. The Morgan fingerprint density at radius 1 is 1.25 bits per heavy atom. The Labute approximate surface area is 156 Å². The van der Waals surface area contributed by atoms with Gasteiger partial charge >= 0.3 is 0 Å². The van der Waals surface area contributed by atoms with Crippen molar-refractivity contribution < 1.29 is 4.79 Å². The summed E-state index contributed by atoms with van der Waals surface area (Å²) in [5, 5.41) is 8.69. The summed E-state index contributed by atoms with van der Waals surface area (Å²) in [4.78, 5) is 14.5. The number of carbonyl (C=O) groups is 1. The van der Waals surface area contributed by atoms with Gasteiger partial charge in [0.2, 0.25) is 5.91 Å². The molecule has 1 saturated heterocycles. The lowest BCUT2D eigenvalue weighted by atomic mass is 9.95. The van der Waals surface area contributed by atoms with Crippen LogP contribution in [0.3, 0.4) is 0 Å². The maximum absolute atomic E-state index is 12.5. The molecular weight excluding hydrogens is 349 g/mol. The molecule has 8 heteroatoms. The summed E-state index contributed by atoms with van der Waals surface area (Å²) < 4.78 is 2.26. The smallest absolute Gasteiger partial charge is 0.239 e. The first-order chi connectivity index (χ1) is 10.6. The molecular formula is C16H29Cl2N5O. The molecule has 0 saturated carbocycles. The molecule has 1 aromatic heterocycles. The minimum absolute atomic E-state index is 0. The van der Waals surface area contributed by atoms with Crippen LogP contribution in [0.1, 0.15) is 57.1 Å². The molecule has 2 aliphatic heterocycles. The number of hydrogen-bond acceptors (Lipinski definition) is 4. The fourth-order valence-corrected chi connectivity index (χ4v) is 3.71. The van der Waals surface area contributed by atoms with Gasteiger partial charge < -0.3 is 15.2 Å². The average Bonchev–Trinajstić information content (AvgIpc) is 3.08. The van der Waals surface area contributed by atoms with E-state index in [9.17, 15) is 4.79 Å². The van der Waals surface area contributed by atoms with Crippen LogP contribution in [0.5, 0.6) is 0 Å². The fraction of sp³-hybridized carbons (Fsp3) is 0.812. The highest BCUT2D eigenvalue weighted by molar-refractivity contribution is 5.85. The lowest BCUT2D eigenvalue weighted by molar-refractivity contribution is -0.134. The van der Waals surface area contributed by atoms with Gasteiger partial charge in [-0.1, -0.05) is 13.8 Å². The van der Waals surface area contributed by atoms with Gasteiger partial charge in [-0.15, -0.1) is 35.0 Å². The number of carbonyl (C=O) groups excluding carboxylic acids is 1. The summed E-state index contributed by atoms with van der Waals surface area (Å²) >= 11 is 0. The summed E-state index contributed by atoms with van der Waals surface area (Å²) in [5.74, 6) is 3.03. The van der Waals surface area contributed by atoms with Gasteiger partial charge in [0.25, 0.3) is 0 Å². The van der Waals surface area contributed by atoms with E-state index < -0.39 is 0 Å². The second-order valence-corrected chi connectivity index (χ2v) is 7.09. The highest BCUT2D eigenvalue weighted by Gasteiger charge is 2.31. The fourth-order valence-electron chi connectivity index (χ4n) is 3.71. The van der Waals surface area contributed by atoms with Crippen LogP contribution in [-0.2, 0) is 17.8 Å². The summed E-state index contributed by atoms with van der Waals surface area (Å²) in [7, 11) is 0. The van der Waals surface area contributed by atoms with Crippen molar-refractivity contribution in [2.45, 2.75) is 64.5 Å². The van der Waals surface area contributed by atoms with E-state index in [1.54, 1.807) is 0 Å². The Bertz CT molecular complexity index is 549. The number of fused-ring (bicyclic) bond motifs is 1. The summed E-state index contributed by atoms with van der Waals surface area (Å²) in [6.07, 6.45) is 5.04. The first kappa shape index (κ1) is 21.2. The van der Waals surface area contributed by atoms with Crippen molar-refractivity contribution in [2.75, 3.05) is 13.1 Å². The minimum Gasteiger partial charge on any atom is -0.341 e. The monoisotopic (exact) mass is 377 g/mol. The molecule has 6 nitrogen and oxygen atoms in total. The third-order valence-corrected chi connectivity index (χ3v) is 4.78. The van der Waals surface area contributed by atoms with E-state index in [0.717, 1.165) is 63.4 Å². The van der Waals surface area contributed by atoms with Gasteiger partial charge in [0.05, 0.1) is 6.04 Å². The largest absolute Gasteiger partial charge is 0.341 e. The number of aryl methyl sites for hydroxylation is 1. The first-order valence-corrected chi connectivity index (χ1v) is 8.52. The van der Waals surface area contributed by atoms with Crippen molar-refractivity contribution >= 4 is 30.7 Å². The second-order valence-electron chi connectivity index (χ2n) is 7.09. The molecule has 1 amide bonds. The van der Waals surface area contributed by atoms with Gasteiger partial charge in [-0.05, 0) is 31.6 Å². The predicted molar refractivity (Wildman–Crippen MR) is 98.8 cm³/mol. The lowest BCUT2D eigenvalue weighted by Crippen LogP contribution is -2.48. The molecule has 0 radical (unpaired) electrons. The van der Waals surface area contributed by atoms with E-state index in [4.69, 9.17) is 5.73 Å². The molecule has 0 spiro atoms. The Hall–Kier alpha value is -0.850. The maximum atomic E-state index is 12.5. The van der Waals surface area contributed by atoms with Gasteiger partial charge in [0.15, 0.2) is 0 Å². The molecule has 0 bridgehead atoms. The molecule has 3 heterocycles. The first-order valence-electron chi connectivity index (χ1n) is 8.52. The Balaban J connectivity index is 0.00000144. The zero-order valence-corrected chi connectivity index (χ0v) is 16.1. The summed E-state index contributed by atoms with van der Waals surface area (Å²) in [6, 6.07) is -0.372. The topological polar surface area (TPSA) is 77.0 Å². The van der Waals surface area contributed by atoms with Crippen molar-refractivity contribution in [1.29, 1.82) is 0 Å². The molecule has 1 aromatic rings. The van der Waals surface area contributed by atoms with E-state index in [2.05, 4.69) is 28.6 Å². The number of nitrogens with zero attached hydrogens (tertiary/aromatic N) is 4. The van der Waals surface area contributed by atoms with Gasteiger partial charge in [-0.25, -0.2) is 0 Å². The van der Waals surface area contributed by atoms with Gasteiger partial charge in [-0.3, -0.25) is 4.79 Å². The van der Waals surface area contributed by atoms with Crippen LogP contribution in [0, 0.1) is 5.92 Å². The molecule has 3 rings (SSSR count).